The largest absolute Gasteiger partial charge is 0.299 e. The molecule has 0 aromatic rings. The summed E-state index contributed by atoms with van der Waals surface area (Å²) in [5.41, 5.74) is 0. The van der Waals surface area contributed by atoms with Gasteiger partial charge in [-0.15, -0.1) is 0 Å². The second-order valence-corrected chi connectivity index (χ2v) is 6.82. The third kappa shape index (κ3) is 1.23. The predicted octanol–water partition coefficient (Wildman–Crippen LogP) is 3.45. The lowest BCUT2D eigenvalue weighted by Gasteiger charge is -2.36. The first kappa shape index (κ1) is 10.3. The second kappa shape index (κ2) is 3.46. The average molecular weight is 230 g/mol. The number of hydrogen-bond donors (Lipinski definition) is 0. The molecule has 0 aliphatic heterocycles. The summed E-state index contributed by atoms with van der Waals surface area (Å²) in [5.74, 6) is 6.31. The zero-order valence-electron chi connectivity index (χ0n) is 10.6. The van der Waals surface area contributed by atoms with Crippen LogP contribution in [0.1, 0.15) is 39.0 Å². The van der Waals surface area contributed by atoms with Gasteiger partial charge >= 0.3 is 0 Å². The van der Waals surface area contributed by atoms with Crippen molar-refractivity contribution >= 4 is 5.78 Å². The van der Waals surface area contributed by atoms with E-state index in [1.807, 2.05) is 0 Å². The first-order chi connectivity index (χ1) is 8.29. The van der Waals surface area contributed by atoms with Crippen LogP contribution in [0.5, 0.6) is 0 Å². The summed E-state index contributed by atoms with van der Waals surface area (Å²) in [5, 5.41) is 0. The molecule has 1 heteroatoms. The number of carbonyl (C=O) groups excluding carboxylic acids is 1. The molecule has 3 saturated carbocycles. The van der Waals surface area contributed by atoms with E-state index in [2.05, 4.69) is 19.1 Å². The minimum Gasteiger partial charge on any atom is -0.299 e. The number of rotatable bonds is 3. The van der Waals surface area contributed by atoms with Crippen molar-refractivity contribution in [1.82, 2.24) is 0 Å². The molecule has 7 unspecified atom stereocenters. The molecule has 4 rings (SSSR count). The molecule has 0 aromatic carbocycles. The van der Waals surface area contributed by atoms with E-state index < -0.39 is 0 Å². The van der Waals surface area contributed by atoms with Gasteiger partial charge in [0.25, 0.3) is 0 Å². The summed E-state index contributed by atoms with van der Waals surface area (Å²) in [7, 11) is 0. The van der Waals surface area contributed by atoms with Crippen LogP contribution in [0.4, 0.5) is 0 Å². The van der Waals surface area contributed by atoms with Gasteiger partial charge in [0.2, 0.25) is 0 Å². The molecule has 0 saturated heterocycles. The van der Waals surface area contributed by atoms with E-state index in [1.165, 1.54) is 19.3 Å². The van der Waals surface area contributed by atoms with Crippen LogP contribution in [0, 0.1) is 41.4 Å². The molecule has 4 aliphatic rings. The highest BCUT2D eigenvalue weighted by atomic mass is 16.1. The smallest absolute Gasteiger partial charge is 0.136 e. The van der Waals surface area contributed by atoms with Gasteiger partial charge in [0.05, 0.1) is 0 Å². The maximum atomic E-state index is 12.2. The van der Waals surface area contributed by atoms with E-state index in [9.17, 15) is 4.79 Å². The Morgan fingerprint density at radius 3 is 2.65 bits per heavy atom. The normalized spacial score (nSPS) is 53.4. The minimum absolute atomic E-state index is 0.453. The first-order valence-corrected chi connectivity index (χ1v) is 7.50. The van der Waals surface area contributed by atoms with Crippen LogP contribution in [0.3, 0.4) is 0 Å². The third-order valence-corrected chi connectivity index (χ3v) is 6.18. The summed E-state index contributed by atoms with van der Waals surface area (Å²) in [4.78, 5) is 12.2. The summed E-state index contributed by atoms with van der Waals surface area (Å²) < 4.78 is 0. The zero-order valence-corrected chi connectivity index (χ0v) is 10.6. The Morgan fingerprint density at radius 1 is 1.12 bits per heavy atom. The highest BCUT2D eigenvalue weighted by Crippen LogP contribution is 2.67. The van der Waals surface area contributed by atoms with Crippen LogP contribution >= 0.6 is 0 Å². The van der Waals surface area contributed by atoms with E-state index >= 15 is 0 Å². The number of ketones is 1. The SMILES string of the molecule is CCCC(=O)C1CC2CC1C1C3C=CC(C3)C21. The summed E-state index contributed by atoms with van der Waals surface area (Å²) in [6.45, 7) is 2.13. The Morgan fingerprint density at radius 2 is 1.88 bits per heavy atom. The molecule has 0 N–H and O–H groups in total. The molecule has 0 spiro atoms. The van der Waals surface area contributed by atoms with Crippen LogP contribution in [-0.4, -0.2) is 5.78 Å². The van der Waals surface area contributed by atoms with Gasteiger partial charge in [-0.2, -0.15) is 0 Å². The zero-order chi connectivity index (χ0) is 11.6. The maximum absolute atomic E-state index is 12.2. The van der Waals surface area contributed by atoms with Crippen molar-refractivity contribution in [3.05, 3.63) is 12.2 Å². The van der Waals surface area contributed by atoms with Gasteiger partial charge in [-0.25, -0.2) is 0 Å². The monoisotopic (exact) mass is 230 g/mol. The molecule has 0 amide bonds. The van der Waals surface area contributed by atoms with Crippen LogP contribution in [0.2, 0.25) is 0 Å². The van der Waals surface area contributed by atoms with Crippen LogP contribution in [0.25, 0.3) is 0 Å². The van der Waals surface area contributed by atoms with Gasteiger partial charge in [-0.05, 0) is 61.2 Å². The fourth-order valence-corrected chi connectivity index (χ4v) is 5.82. The molecular formula is C16H22O. The molecule has 4 aliphatic carbocycles. The van der Waals surface area contributed by atoms with Gasteiger partial charge < -0.3 is 0 Å². The van der Waals surface area contributed by atoms with Crippen molar-refractivity contribution in [1.29, 1.82) is 0 Å². The predicted molar refractivity (Wildman–Crippen MR) is 67.3 cm³/mol. The van der Waals surface area contributed by atoms with Crippen LogP contribution in [0.15, 0.2) is 12.2 Å². The van der Waals surface area contributed by atoms with E-state index in [0.717, 1.165) is 48.3 Å². The fourth-order valence-electron chi connectivity index (χ4n) is 5.82. The third-order valence-electron chi connectivity index (χ3n) is 6.18. The van der Waals surface area contributed by atoms with Gasteiger partial charge in [-0.1, -0.05) is 19.1 Å². The molecule has 1 nitrogen and oxygen atoms in total. The summed E-state index contributed by atoms with van der Waals surface area (Å²) in [6, 6.07) is 0. The minimum atomic E-state index is 0.453. The number of Topliss-reactive ketones (excluding diaryl/α,β-unsaturated/α-hetero) is 1. The van der Waals surface area contributed by atoms with Crippen molar-refractivity contribution in [2.24, 2.45) is 41.4 Å². The van der Waals surface area contributed by atoms with Gasteiger partial charge in [0.1, 0.15) is 5.78 Å². The molecule has 0 radical (unpaired) electrons. The van der Waals surface area contributed by atoms with Crippen molar-refractivity contribution in [2.45, 2.75) is 39.0 Å². The summed E-state index contributed by atoms with van der Waals surface area (Å²) in [6.07, 6.45) is 10.8. The van der Waals surface area contributed by atoms with Crippen LogP contribution < -0.4 is 0 Å². The molecule has 3 fully saturated rings. The Hall–Kier alpha value is -0.590. The Balaban J connectivity index is 1.59. The fraction of sp³-hybridized carbons (Fsp3) is 0.812. The lowest BCUT2D eigenvalue weighted by molar-refractivity contribution is -0.125. The topological polar surface area (TPSA) is 17.1 Å². The number of fused-ring (bicyclic) bond motifs is 9. The molecule has 0 aromatic heterocycles. The molecule has 4 bridgehead atoms. The number of carbonyl (C=O) groups is 1. The lowest BCUT2D eigenvalue weighted by atomic mass is 9.68. The molecule has 7 atom stereocenters. The Kier molecular flexibility index (Phi) is 2.11. The van der Waals surface area contributed by atoms with Crippen molar-refractivity contribution < 1.29 is 4.79 Å². The van der Waals surface area contributed by atoms with Gasteiger partial charge in [-0.3, -0.25) is 4.79 Å². The van der Waals surface area contributed by atoms with E-state index in [-0.39, 0.29) is 0 Å². The Labute approximate surface area is 104 Å². The number of hydrogen-bond acceptors (Lipinski definition) is 1. The second-order valence-electron chi connectivity index (χ2n) is 6.82. The standard InChI is InChI=1S/C16H22O/c1-2-3-14(17)12-7-11-8-13(12)16-10-5-4-9(6-10)15(11)16/h4-5,9-13,15-16H,2-3,6-8H2,1H3. The summed E-state index contributed by atoms with van der Waals surface area (Å²) >= 11 is 0. The van der Waals surface area contributed by atoms with E-state index in [4.69, 9.17) is 0 Å². The number of allylic oxidation sites excluding steroid dienone is 2. The molecule has 92 valence electrons. The molecule has 0 heterocycles. The first-order valence-electron chi connectivity index (χ1n) is 7.50. The Bertz CT molecular complexity index is 383. The lowest BCUT2D eigenvalue weighted by Crippen LogP contribution is -2.34. The van der Waals surface area contributed by atoms with Crippen molar-refractivity contribution in [3.63, 3.8) is 0 Å². The highest BCUT2D eigenvalue weighted by Gasteiger charge is 2.61. The average Bonchev–Trinajstić information content (AvgIpc) is 3.07. The van der Waals surface area contributed by atoms with Crippen LogP contribution in [-0.2, 0) is 4.79 Å². The van der Waals surface area contributed by atoms with E-state index in [0.29, 0.717) is 11.7 Å². The van der Waals surface area contributed by atoms with Crippen molar-refractivity contribution in [2.75, 3.05) is 0 Å². The quantitative estimate of drug-likeness (QED) is 0.536. The van der Waals surface area contributed by atoms with E-state index in [1.54, 1.807) is 0 Å². The van der Waals surface area contributed by atoms with Gasteiger partial charge in [0.15, 0.2) is 0 Å². The molecule has 17 heavy (non-hydrogen) atoms. The van der Waals surface area contributed by atoms with Gasteiger partial charge in [0, 0.05) is 12.3 Å². The van der Waals surface area contributed by atoms with Crippen molar-refractivity contribution in [3.8, 4) is 0 Å². The molecular weight excluding hydrogens is 208 g/mol. The maximum Gasteiger partial charge on any atom is 0.136 e. The highest BCUT2D eigenvalue weighted by molar-refractivity contribution is 5.81.